The van der Waals surface area contributed by atoms with Crippen molar-refractivity contribution in [2.45, 2.75) is 6.92 Å². The van der Waals surface area contributed by atoms with Gasteiger partial charge in [-0.3, -0.25) is 14.3 Å². The minimum atomic E-state index is -0.495. The van der Waals surface area contributed by atoms with Crippen molar-refractivity contribution < 1.29 is 0 Å². The first-order valence-electron chi connectivity index (χ1n) is 6.49. The molecule has 1 aromatic carbocycles. The lowest BCUT2D eigenvalue weighted by molar-refractivity contribution is 0.756. The summed E-state index contributed by atoms with van der Waals surface area (Å²) in [5.74, 6) is 0.326. The molecule has 0 spiro atoms. The molecule has 2 rings (SSSR count). The van der Waals surface area contributed by atoms with Crippen LogP contribution in [0.3, 0.4) is 0 Å². The first-order valence-corrected chi connectivity index (χ1v) is 7.25. The van der Waals surface area contributed by atoms with Gasteiger partial charge in [0.2, 0.25) is 0 Å². The van der Waals surface area contributed by atoms with Crippen LogP contribution in [0.1, 0.15) is 12.5 Å². The Morgan fingerprint density at radius 3 is 2.59 bits per heavy atom. The average molecular weight is 341 g/mol. The summed E-state index contributed by atoms with van der Waals surface area (Å²) < 4.78 is 0.986. The Hall–Kier alpha value is -2.05. The van der Waals surface area contributed by atoms with Crippen molar-refractivity contribution in [1.82, 2.24) is 9.55 Å². The summed E-state index contributed by atoms with van der Waals surface area (Å²) in [5, 5.41) is 6.65. The molecule has 0 bridgehead atoms. The maximum absolute atomic E-state index is 11.7. The number of halogens is 2. The van der Waals surface area contributed by atoms with E-state index >= 15 is 0 Å². The molecule has 0 unspecified atom stereocenters. The van der Waals surface area contributed by atoms with E-state index in [1.54, 1.807) is 24.4 Å². The van der Waals surface area contributed by atoms with Crippen molar-refractivity contribution in [3.63, 3.8) is 0 Å². The van der Waals surface area contributed by atoms with Gasteiger partial charge < -0.3 is 0 Å². The number of hydrogen-bond donors (Lipinski definition) is 1. The Bertz CT molecular complexity index is 795. The molecule has 116 valence electrons. The number of benzene rings is 1. The summed E-state index contributed by atoms with van der Waals surface area (Å²) in [5.41, 5.74) is -0.147. The molecule has 8 heteroatoms. The molecule has 0 saturated heterocycles. The van der Waals surface area contributed by atoms with Gasteiger partial charge in [-0.1, -0.05) is 29.3 Å². The van der Waals surface area contributed by atoms with Crippen molar-refractivity contribution in [2.24, 2.45) is 12.1 Å². The van der Waals surface area contributed by atoms with Gasteiger partial charge in [-0.2, -0.15) is 5.10 Å². The largest absolute Gasteiger partial charge is 0.329 e. The average Bonchev–Trinajstić information content (AvgIpc) is 2.48. The quantitative estimate of drug-likeness (QED) is 0.685. The molecule has 0 saturated carbocycles. The number of nitrogens with one attached hydrogen (secondary N) is 1. The van der Waals surface area contributed by atoms with E-state index in [4.69, 9.17) is 23.2 Å². The topological polar surface area (TPSA) is 70.5 Å². The number of H-pyrrole nitrogens is 1. The Kier molecular flexibility index (Phi) is 5.05. The number of hydrogen-bond acceptors (Lipinski definition) is 4. The van der Waals surface area contributed by atoms with E-state index in [1.165, 1.54) is 18.1 Å². The lowest BCUT2D eigenvalue weighted by atomic mass is 10.2. The van der Waals surface area contributed by atoms with Gasteiger partial charge in [-0.05, 0) is 24.6 Å². The molecule has 0 atom stereocenters. The van der Waals surface area contributed by atoms with E-state index in [0.717, 1.165) is 10.1 Å². The maximum Gasteiger partial charge on any atom is 0.329 e. The number of anilines is 1. The molecular formula is C14H14Cl2N4O2. The minimum absolute atomic E-state index is 0.326. The third-order valence-corrected chi connectivity index (χ3v) is 3.74. The normalized spacial score (nSPS) is 11.1. The molecule has 0 amide bonds. The fraction of sp³-hybridized carbons (Fsp3) is 0.214. The third-order valence-electron chi connectivity index (χ3n) is 3.00. The van der Waals surface area contributed by atoms with Crippen LogP contribution in [-0.4, -0.2) is 22.3 Å². The lowest BCUT2D eigenvalue weighted by Gasteiger charge is -2.16. The number of hydrazone groups is 1. The van der Waals surface area contributed by atoms with Crippen LogP contribution < -0.4 is 16.3 Å². The van der Waals surface area contributed by atoms with Gasteiger partial charge >= 0.3 is 5.69 Å². The zero-order valence-electron chi connectivity index (χ0n) is 12.0. The monoisotopic (exact) mass is 340 g/mol. The summed E-state index contributed by atoms with van der Waals surface area (Å²) in [4.78, 5) is 25.9. The van der Waals surface area contributed by atoms with Crippen LogP contribution in [-0.2, 0) is 7.05 Å². The van der Waals surface area contributed by atoms with Crippen LogP contribution in [0.25, 0.3) is 0 Å². The molecule has 22 heavy (non-hydrogen) atoms. The summed E-state index contributed by atoms with van der Waals surface area (Å²) in [6.45, 7) is 2.32. The molecule has 0 radical (unpaired) electrons. The van der Waals surface area contributed by atoms with E-state index in [2.05, 4.69) is 10.1 Å². The Morgan fingerprint density at radius 1 is 1.27 bits per heavy atom. The van der Waals surface area contributed by atoms with Crippen LogP contribution in [0, 0.1) is 0 Å². The Morgan fingerprint density at radius 2 is 2.00 bits per heavy atom. The van der Waals surface area contributed by atoms with Gasteiger partial charge in [0, 0.05) is 19.7 Å². The molecule has 1 aromatic heterocycles. The van der Waals surface area contributed by atoms with Crippen molar-refractivity contribution in [3.05, 3.63) is 60.7 Å². The van der Waals surface area contributed by atoms with Gasteiger partial charge in [0.05, 0.1) is 16.3 Å². The molecule has 6 nitrogen and oxygen atoms in total. The first-order chi connectivity index (χ1) is 10.4. The molecule has 1 N–H and O–H groups in total. The summed E-state index contributed by atoms with van der Waals surface area (Å²) in [6.07, 6.45) is 1.57. The smallest absolute Gasteiger partial charge is 0.292 e. The van der Waals surface area contributed by atoms with Gasteiger partial charge in [0.15, 0.2) is 0 Å². The van der Waals surface area contributed by atoms with Crippen LogP contribution in [0.4, 0.5) is 5.82 Å². The Labute approximate surface area is 136 Å². The van der Waals surface area contributed by atoms with Crippen molar-refractivity contribution in [2.75, 3.05) is 11.6 Å². The van der Waals surface area contributed by atoms with Gasteiger partial charge in [0.25, 0.3) is 5.56 Å². The second-order valence-corrected chi connectivity index (χ2v) is 5.31. The fourth-order valence-corrected chi connectivity index (χ4v) is 2.03. The number of aromatic amines is 1. The second-order valence-electron chi connectivity index (χ2n) is 4.49. The fourth-order valence-electron chi connectivity index (χ4n) is 1.73. The third kappa shape index (κ3) is 3.58. The van der Waals surface area contributed by atoms with E-state index in [1.807, 2.05) is 6.92 Å². The molecule has 2 aromatic rings. The minimum Gasteiger partial charge on any atom is -0.292 e. The summed E-state index contributed by atoms with van der Waals surface area (Å²) in [7, 11) is 1.40. The second kappa shape index (κ2) is 6.81. The molecule has 1 heterocycles. The predicted octanol–water partition coefficient (Wildman–Crippen LogP) is 2.24. The zero-order valence-corrected chi connectivity index (χ0v) is 13.5. The number of aromatic nitrogens is 2. The predicted molar refractivity (Wildman–Crippen MR) is 89.4 cm³/mol. The van der Waals surface area contributed by atoms with Gasteiger partial charge in [-0.25, -0.2) is 9.80 Å². The highest BCUT2D eigenvalue weighted by Crippen LogP contribution is 2.21. The summed E-state index contributed by atoms with van der Waals surface area (Å²) in [6, 6.07) is 6.42. The molecule has 0 aliphatic heterocycles. The van der Waals surface area contributed by atoms with Gasteiger partial charge in [0.1, 0.15) is 5.82 Å². The summed E-state index contributed by atoms with van der Waals surface area (Å²) >= 11 is 11.8. The van der Waals surface area contributed by atoms with Crippen LogP contribution in [0.15, 0.2) is 39.0 Å². The van der Waals surface area contributed by atoms with Crippen LogP contribution >= 0.6 is 23.2 Å². The highest BCUT2D eigenvalue weighted by Gasteiger charge is 2.07. The Balaban J connectivity index is 2.32. The molecular weight excluding hydrogens is 327 g/mol. The highest BCUT2D eigenvalue weighted by molar-refractivity contribution is 6.42. The van der Waals surface area contributed by atoms with Crippen molar-refractivity contribution in [1.29, 1.82) is 0 Å². The number of nitrogens with zero attached hydrogens (tertiary/aromatic N) is 3. The maximum atomic E-state index is 11.7. The van der Waals surface area contributed by atoms with E-state index < -0.39 is 11.2 Å². The molecule has 0 aliphatic rings. The van der Waals surface area contributed by atoms with Crippen LogP contribution in [0.2, 0.25) is 10.0 Å². The molecule has 0 fully saturated rings. The lowest BCUT2D eigenvalue weighted by Crippen LogP contribution is -2.34. The molecule has 0 aliphatic carbocycles. The van der Waals surface area contributed by atoms with Crippen LogP contribution in [0.5, 0.6) is 0 Å². The standard InChI is InChI=1S/C14H14Cl2N4O2/c1-3-20(12-7-13(21)19(2)14(22)18-12)17-8-9-4-5-10(15)11(16)6-9/h4-8H,3H2,1-2H3,(H,18,22)/b17-8+. The van der Waals surface area contributed by atoms with Gasteiger partial charge in [-0.15, -0.1) is 0 Å². The number of rotatable bonds is 4. The highest BCUT2D eigenvalue weighted by atomic mass is 35.5. The van der Waals surface area contributed by atoms with E-state index in [9.17, 15) is 9.59 Å². The SMILES string of the molecule is CCN(/N=C/c1ccc(Cl)c(Cl)c1)c1cc(=O)n(C)c(=O)[nH]1. The first kappa shape index (κ1) is 16.3. The van der Waals surface area contributed by atoms with Crippen molar-refractivity contribution in [3.8, 4) is 0 Å². The van der Waals surface area contributed by atoms with E-state index in [-0.39, 0.29) is 0 Å². The van der Waals surface area contributed by atoms with E-state index in [0.29, 0.717) is 22.4 Å². The zero-order chi connectivity index (χ0) is 16.3. The van der Waals surface area contributed by atoms with Crippen molar-refractivity contribution >= 4 is 35.2 Å².